The van der Waals surface area contributed by atoms with Gasteiger partial charge in [0.2, 0.25) is 5.91 Å². The summed E-state index contributed by atoms with van der Waals surface area (Å²) >= 11 is 6.09. The maximum absolute atomic E-state index is 12.0. The Morgan fingerprint density at radius 1 is 1.36 bits per heavy atom. The normalized spacial score (nSPS) is 10.5. The zero-order valence-corrected chi connectivity index (χ0v) is 13.8. The molecule has 0 aliphatic heterocycles. The molecule has 6 heteroatoms. The number of halogens is 1. The van der Waals surface area contributed by atoms with Crippen molar-refractivity contribution in [3.05, 3.63) is 46.2 Å². The molecule has 1 heterocycles. The van der Waals surface area contributed by atoms with Gasteiger partial charge in [0.15, 0.2) is 0 Å². The maximum atomic E-state index is 12.0. The topological polar surface area (TPSA) is 56.1 Å². The molecule has 2 aromatic rings. The lowest BCUT2D eigenvalue weighted by Crippen LogP contribution is -2.24. The summed E-state index contributed by atoms with van der Waals surface area (Å²) in [4.78, 5) is 12.0. The quantitative estimate of drug-likeness (QED) is 0.890. The van der Waals surface area contributed by atoms with Crippen LogP contribution >= 0.6 is 11.6 Å². The Bertz CT molecular complexity index is 667. The minimum Gasteiger partial charge on any atom is -0.496 e. The Labute approximate surface area is 135 Å². The lowest BCUT2D eigenvalue weighted by atomic mass is 10.2. The molecule has 2 rings (SSSR count). The molecule has 22 heavy (non-hydrogen) atoms. The van der Waals surface area contributed by atoms with E-state index in [-0.39, 0.29) is 5.91 Å². The number of nitrogens with one attached hydrogen (secondary N) is 1. The van der Waals surface area contributed by atoms with Gasteiger partial charge in [-0.25, -0.2) is 0 Å². The van der Waals surface area contributed by atoms with Crippen LogP contribution in [-0.2, 0) is 17.9 Å². The highest BCUT2D eigenvalue weighted by molar-refractivity contribution is 6.31. The van der Waals surface area contributed by atoms with E-state index in [0.717, 1.165) is 22.7 Å². The molecule has 0 fully saturated rings. The van der Waals surface area contributed by atoms with Crippen LogP contribution in [0.2, 0.25) is 5.02 Å². The number of rotatable bonds is 6. The molecular weight excluding hydrogens is 302 g/mol. The fourth-order valence-corrected chi connectivity index (χ4v) is 2.37. The number of methoxy groups -OCH3 is 1. The number of amides is 1. The van der Waals surface area contributed by atoms with E-state index in [1.165, 1.54) is 0 Å². The van der Waals surface area contributed by atoms with Crippen LogP contribution in [0, 0.1) is 13.8 Å². The van der Waals surface area contributed by atoms with Gasteiger partial charge in [0.1, 0.15) is 5.75 Å². The third kappa shape index (κ3) is 3.80. The van der Waals surface area contributed by atoms with Crippen LogP contribution < -0.4 is 10.1 Å². The number of hydrogen-bond donors (Lipinski definition) is 1. The van der Waals surface area contributed by atoms with Gasteiger partial charge in [0.25, 0.3) is 0 Å². The molecule has 0 spiro atoms. The third-order valence-electron chi connectivity index (χ3n) is 3.51. The van der Waals surface area contributed by atoms with E-state index >= 15 is 0 Å². The highest BCUT2D eigenvalue weighted by Crippen LogP contribution is 2.19. The number of hydrogen-bond acceptors (Lipinski definition) is 3. The van der Waals surface area contributed by atoms with Crippen LogP contribution in [0.3, 0.4) is 0 Å². The summed E-state index contributed by atoms with van der Waals surface area (Å²) in [5.41, 5.74) is 2.62. The van der Waals surface area contributed by atoms with Crippen molar-refractivity contribution in [3.63, 3.8) is 0 Å². The van der Waals surface area contributed by atoms with Crippen molar-refractivity contribution < 1.29 is 9.53 Å². The average molecular weight is 322 g/mol. The summed E-state index contributed by atoms with van der Waals surface area (Å²) in [6.45, 7) is 4.71. The van der Waals surface area contributed by atoms with E-state index in [0.29, 0.717) is 24.5 Å². The molecule has 0 saturated heterocycles. The molecule has 1 N–H and O–H groups in total. The van der Waals surface area contributed by atoms with Gasteiger partial charge in [0.05, 0.1) is 30.1 Å². The monoisotopic (exact) mass is 321 g/mol. The van der Waals surface area contributed by atoms with Gasteiger partial charge in [-0.1, -0.05) is 29.8 Å². The maximum Gasteiger partial charge on any atom is 0.222 e. The number of nitrogens with zero attached hydrogens (tertiary/aromatic N) is 2. The molecule has 0 atom stereocenters. The number of aromatic nitrogens is 2. The Hall–Kier alpha value is -2.01. The second-order valence-electron chi connectivity index (χ2n) is 5.05. The molecule has 0 aliphatic rings. The van der Waals surface area contributed by atoms with Crippen LogP contribution in [0.5, 0.6) is 5.75 Å². The SMILES string of the molecule is COc1ccccc1CNC(=O)CCn1nc(C)c(Cl)c1C. The Balaban J connectivity index is 1.87. The number of aryl methyl sites for hydroxylation is 2. The molecule has 1 amide bonds. The van der Waals surface area contributed by atoms with Gasteiger partial charge in [-0.05, 0) is 19.9 Å². The molecule has 1 aromatic carbocycles. The van der Waals surface area contributed by atoms with Gasteiger partial charge in [-0.3, -0.25) is 9.48 Å². The van der Waals surface area contributed by atoms with E-state index < -0.39 is 0 Å². The first kappa shape index (κ1) is 16.4. The highest BCUT2D eigenvalue weighted by Gasteiger charge is 2.11. The molecular formula is C16H20ClN3O2. The van der Waals surface area contributed by atoms with Crippen molar-refractivity contribution >= 4 is 17.5 Å². The summed E-state index contributed by atoms with van der Waals surface area (Å²) in [6, 6.07) is 7.62. The van der Waals surface area contributed by atoms with Crippen LogP contribution in [0.15, 0.2) is 24.3 Å². The Morgan fingerprint density at radius 3 is 2.73 bits per heavy atom. The fourth-order valence-electron chi connectivity index (χ4n) is 2.23. The smallest absolute Gasteiger partial charge is 0.222 e. The number of ether oxygens (including phenoxy) is 1. The second kappa shape index (κ2) is 7.31. The van der Waals surface area contributed by atoms with Gasteiger partial charge >= 0.3 is 0 Å². The van der Waals surface area contributed by atoms with Gasteiger partial charge in [0, 0.05) is 18.5 Å². The predicted octanol–water partition coefficient (Wildman–Crippen LogP) is 2.87. The molecule has 0 saturated carbocycles. The minimum absolute atomic E-state index is 0.0328. The number of para-hydroxylation sites is 1. The van der Waals surface area contributed by atoms with Crippen molar-refractivity contribution in [1.29, 1.82) is 0 Å². The van der Waals surface area contributed by atoms with E-state index in [1.807, 2.05) is 38.1 Å². The van der Waals surface area contributed by atoms with Crippen molar-refractivity contribution in [2.24, 2.45) is 0 Å². The van der Waals surface area contributed by atoms with E-state index in [4.69, 9.17) is 16.3 Å². The Morgan fingerprint density at radius 2 is 2.09 bits per heavy atom. The van der Waals surface area contributed by atoms with E-state index in [9.17, 15) is 4.79 Å². The first-order chi connectivity index (χ1) is 10.5. The average Bonchev–Trinajstić information content (AvgIpc) is 2.78. The summed E-state index contributed by atoms with van der Waals surface area (Å²) in [5, 5.41) is 7.87. The predicted molar refractivity (Wildman–Crippen MR) is 86.2 cm³/mol. The first-order valence-corrected chi connectivity index (χ1v) is 7.48. The summed E-state index contributed by atoms with van der Waals surface area (Å²) in [5.74, 6) is 0.739. The minimum atomic E-state index is -0.0328. The number of benzene rings is 1. The van der Waals surface area contributed by atoms with Crippen molar-refractivity contribution in [1.82, 2.24) is 15.1 Å². The van der Waals surface area contributed by atoms with Crippen LogP contribution in [-0.4, -0.2) is 22.8 Å². The van der Waals surface area contributed by atoms with E-state index in [2.05, 4.69) is 10.4 Å². The summed E-state index contributed by atoms with van der Waals surface area (Å²) in [6.07, 6.45) is 0.355. The molecule has 0 radical (unpaired) electrons. The zero-order chi connectivity index (χ0) is 16.1. The fraction of sp³-hybridized carbons (Fsp3) is 0.375. The van der Waals surface area contributed by atoms with Crippen molar-refractivity contribution in [2.45, 2.75) is 33.4 Å². The zero-order valence-electron chi connectivity index (χ0n) is 13.0. The van der Waals surface area contributed by atoms with Gasteiger partial charge in [-0.15, -0.1) is 0 Å². The lowest BCUT2D eigenvalue weighted by molar-refractivity contribution is -0.121. The first-order valence-electron chi connectivity index (χ1n) is 7.11. The van der Waals surface area contributed by atoms with E-state index in [1.54, 1.807) is 11.8 Å². The summed E-state index contributed by atoms with van der Waals surface area (Å²) in [7, 11) is 1.62. The highest BCUT2D eigenvalue weighted by atomic mass is 35.5. The van der Waals surface area contributed by atoms with Gasteiger partial charge in [-0.2, -0.15) is 5.10 Å². The molecule has 118 valence electrons. The number of carbonyl (C=O) groups is 1. The summed E-state index contributed by atoms with van der Waals surface area (Å²) < 4.78 is 7.02. The molecule has 0 bridgehead atoms. The molecule has 5 nitrogen and oxygen atoms in total. The lowest BCUT2D eigenvalue weighted by Gasteiger charge is -2.10. The van der Waals surface area contributed by atoms with Gasteiger partial charge < -0.3 is 10.1 Å². The molecule has 0 unspecified atom stereocenters. The molecule has 0 aliphatic carbocycles. The van der Waals surface area contributed by atoms with Crippen LogP contribution in [0.1, 0.15) is 23.4 Å². The largest absolute Gasteiger partial charge is 0.496 e. The second-order valence-corrected chi connectivity index (χ2v) is 5.42. The van der Waals surface area contributed by atoms with Crippen molar-refractivity contribution in [3.8, 4) is 5.75 Å². The van der Waals surface area contributed by atoms with Crippen molar-refractivity contribution in [2.75, 3.05) is 7.11 Å². The molecule has 1 aromatic heterocycles. The third-order valence-corrected chi connectivity index (χ3v) is 4.06. The Kier molecular flexibility index (Phi) is 5.44. The van der Waals surface area contributed by atoms with Crippen LogP contribution in [0.4, 0.5) is 0 Å². The number of carbonyl (C=O) groups excluding carboxylic acids is 1. The standard InChI is InChI=1S/C16H20ClN3O2/c1-11-16(17)12(2)20(19-11)9-8-15(21)18-10-13-6-4-5-7-14(13)22-3/h4-7H,8-10H2,1-3H3,(H,18,21). The van der Waals surface area contributed by atoms with Crippen LogP contribution in [0.25, 0.3) is 0 Å².